The summed E-state index contributed by atoms with van der Waals surface area (Å²) in [5.74, 6) is 0. The van der Waals surface area contributed by atoms with Crippen LogP contribution >= 0.6 is 0 Å². The number of nitrogens with zero attached hydrogens (tertiary/aromatic N) is 1. The van der Waals surface area contributed by atoms with E-state index in [9.17, 15) is 4.79 Å². The molecule has 0 aromatic rings. The van der Waals surface area contributed by atoms with Crippen LogP contribution in [0.2, 0.25) is 0 Å². The predicted octanol–water partition coefficient (Wildman–Crippen LogP) is 2.02. The molecular formula is C9H17NO2. The predicted molar refractivity (Wildman–Crippen MR) is 47.0 cm³/mol. The van der Waals surface area contributed by atoms with Crippen LogP contribution in [-0.2, 0) is 4.74 Å². The van der Waals surface area contributed by atoms with Gasteiger partial charge in [-0.2, -0.15) is 0 Å². The van der Waals surface area contributed by atoms with E-state index >= 15 is 0 Å². The average molecular weight is 171 g/mol. The number of rotatable bonds is 1. The molecule has 0 bridgehead atoms. The van der Waals surface area contributed by atoms with Gasteiger partial charge in [-0.05, 0) is 19.8 Å². The summed E-state index contributed by atoms with van der Waals surface area (Å²) in [7, 11) is 0. The van der Waals surface area contributed by atoms with Gasteiger partial charge in [0.1, 0.15) is 6.10 Å². The molecule has 2 aliphatic rings. The van der Waals surface area contributed by atoms with Crippen molar-refractivity contribution in [2.75, 3.05) is 6.54 Å². The fourth-order valence-corrected chi connectivity index (χ4v) is 1.31. The van der Waals surface area contributed by atoms with Crippen LogP contribution in [0.15, 0.2) is 0 Å². The van der Waals surface area contributed by atoms with Gasteiger partial charge in [-0.25, -0.2) is 4.79 Å². The lowest BCUT2D eigenvalue weighted by atomic mass is 10.4. The Morgan fingerprint density at radius 2 is 2.00 bits per heavy atom. The van der Waals surface area contributed by atoms with E-state index < -0.39 is 0 Å². The Bertz CT molecular complexity index is 166. The van der Waals surface area contributed by atoms with Crippen LogP contribution in [0, 0.1) is 0 Å². The van der Waals surface area contributed by atoms with Crippen LogP contribution in [-0.4, -0.2) is 29.7 Å². The topological polar surface area (TPSA) is 29.5 Å². The number of carbonyl (C=O) groups is 1. The van der Waals surface area contributed by atoms with Crippen molar-refractivity contribution >= 4 is 6.09 Å². The van der Waals surface area contributed by atoms with Gasteiger partial charge in [-0.1, -0.05) is 13.8 Å². The Labute approximate surface area is 73.7 Å². The first-order valence-electron chi connectivity index (χ1n) is 4.74. The number of cyclic esters (lactones) is 1. The third kappa shape index (κ3) is 1.90. The summed E-state index contributed by atoms with van der Waals surface area (Å²) in [6.45, 7) is 6.73. The van der Waals surface area contributed by atoms with Crippen molar-refractivity contribution in [3.8, 4) is 0 Å². The lowest BCUT2D eigenvalue weighted by Crippen LogP contribution is -2.26. The monoisotopic (exact) mass is 171 g/mol. The highest BCUT2D eigenvalue weighted by Crippen LogP contribution is 2.30. The smallest absolute Gasteiger partial charge is 0.410 e. The summed E-state index contributed by atoms with van der Waals surface area (Å²) in [5.41, 5.74) is 0. The quantitative estimate of drug-likeness (QED) is 0.604. The van der Waals surface area contributed by atoms with Gasteiger partial charge in [0.05, 0.1) is 6.54 Å². The van der Waals surface area contributed by atoms with Gasteiger partial charge in [-0.15, -0.1) is 0 Å². The molecule has 1 saturated heterocycles. The number of carbonyl (C=O) groups excluding carboxylic acids is 1. The van der Waals surface area contributed by atoms with E-state index in [1.54, 1.807) is 0 Å². The highest BCUT2D eigenvalue weighted by molar-refractivity contribution is 5.70. The molecule has 1 unspecified atom stereocenters. The third-order valence-corrected chi connectivity index (χ3v) is 1.98. The lowest BCUT2D eigenvalue weighted by Gasteiger charge is -2.09. The molecule has 1 heterocycles. The van der Waals surface area contributed by atoms with E-state index in [-0.39, 0.29) is 12.2 Å². The van der Waals surface area contributed by atoms with Crippen molar-refractivity contribution < 1.29 is 9.53 Å². The standard InChI is InChI=1S/C7H11NO2.C2H6/c1-5-4-8(6-2-3-6)7(9)10-5;1-2/h5-6H,2-4H2,1H3;1-2H3. The van der Waals surface area contributed by atoms with Crippen LogP contribution < -0.4 is 0 Å². The summed E-state index contributed by atoms with van der Waals surface area (Å²) in [4.78, 5) is 12.8. The molecule has 12 heavy (non-hydrogen) atoms. The zero-order valence-corrected chi connectivity index (χ0v) is 8.04. The number of amides is 1. The first-order chi connectivity index (χ1) is 5.77. The fraction of sp³-hybridized carbons (Fsp3) is 0.889. The summed E-state index contributed by atoms with van der Waals surface area (Å²) in [6, 6.07) is 0.512. The highest BCUT2D eigenvalue weighted by Gasteiger charge is 2.39. The second-order valence-corrected chi connectivity index (χ2v) is 3.08. The SMILES string of the molecule is CC.CC1CN(C2CC2)C(=O)O1. The lowest BCUT2D eigenvalue weighted by molar-refractivity contribution is 0.137. The van der Waals surface area contributed by atoms with Crippen molar-refractivity contribution in [1.82, 2.24) is 4.90 Å². The number of hydrogen-bond acceptors (Lipinski definition) is 2. The average Bonchev–Trinajstić information content (AvgIpc) is 2.83. The van der Waals surface area contributed by atoms with Gasteiger partial charge in [0.15, 0.2) is 0 Å². The maximum atomic E-state index is 11.0. The van der Waals surface area contributed by atoms with Crippen molar-refractivity contribution in [1.29, 1.82) is 0 Å². The largest absolute Gasteiger partial charge is 0.444 e. The Hall–Kier alpha value is -0.730. The molecule has 2 rings (SSSR count). The minimum Gasteiger partial charge on any atom is -0.444 e. The Balaban J connectivity index is 0.000000336. The molecule has 1 aliphatic carbocycles. The van der Waals surface area contributed by atoms with Crippen LogP contribution in [0.5, 0.6) is 0 Å². The first-order valence-corrected chi connectivity index (χ1v) is 4.74. The van der Waals surface area contributed by atoms with Crippen molar-refractivity contribution in [3.63, 3.8) is 0 Å². The fourth-order valence-electron chi connectivity index (χ4n) is 1.31. The zero-order chi connectivity index (χ0) is 9.14. The second-order valence-electron chi connectivity index (χ2n) is 3.08. The molecule has 0 radical (unpaired) electrons. The Morgan fingerprint density at radius 1 is 1.42 bits per heavy atom. The summed E-state index contributed by atoms with van der Waals surface area (Å²) in [6.07, 6.45) is 2.33. The molecule has 2 fully saturated rings. The molecular weight excluding hydrogens is 154 g/mol. The van der Waals surface area contributed by atoms with Gasteiger partial charge < -0.3 is 9.64 Å². The molecule has 0 N–H and O–H groups in total. The zero-order valence-electron chi connectivity index (χ0n) is 8.04. The molecule has 1 amide bonds. The van der Waals surface area contributed by atoms with E-state index in [1.807, 2.05) is 25.7 Å². The Kier molecular flexibility index (Phi) is 2.95. The normalized spacial score (nSPS) is 27.8. The maximum Gasteiger partial charge on any atom is 0.410 e. The van der Waals surface area contributed by atoms with E-state index in [2.05, 4.69) is 0 Å². The first kappa shape index (κ1) is 9.36. The van der Waals surface area contributed by atoms with Crippen molar-refractivity contribution in [3.05, 3.63) is 0 Å². The number of hydrogen-bond donors (Lipinski definition) is 0. The molecule has 1 saturated carbocycles. The van der Waals surface area contributed by atoms with Gasteiger partial charge in [-0.3, -0.25) is 0 Å². The van der Waals surface area contributed by atoms with Crippen molar-refractivity contribution in [2.24, 2.45) is 0 Å². The molecule has 3 heteroatoms. The van der Waals surface area contributed by atoms with Gasteiger partial charge in [0, 0.05) is 6.04 Å². The van der Waals surface area contributed by atoms with E-state index in [1.165, 1.54) is 12.8 Å². The third-order valence-electron chi connectivity index (χ3n) is 1.98. The minimum atomic E-state index is -0.116. The Morgan fingerprint density at radius 3 is 2.33 bits per heavy atom. The van der Waals surface area contributed by atoms with Crippen molar-refractivity contribution in [2.45, 2.75) is 45.8 Å². The molecule has 70 valence electrons. The van der Waals surface area contributed by atoms with Crippen LogP contribution in [0.4, 0.5) is 4.79 Å². The van der Waals surface area contributed by atoms with E-state index in [0.717, 1.165) is 6.54 Å². The molecule has 0 aromatic carbocycles. The summed E-state index contributed by atoms with van der Waals surface area (Å²) >= 11 is 0. The van der Waals surface area contributed by atoms with E-state index in [4.69, 9.17) is 4.74 Å². The maximum absolute atomic E-state index is 11.0. The second kappa shape index (κ2) is 3.78. The van der Waals surface area contributed by atoms with Gasteiger partial charge in [0.2, 0.25) is 0 Å². The van der Waals surface area contributed by atoms with Crippen LogP contribution in [0.25, 0.3) is 0 Å². The van der Waals surface area contributed by atoms with Gasteiger partial charge in [0.25, 0.3) is 0 Å². The number of ether oxygens (including phenoxy) is 1. The highest BCUT2D eigenvalue weighted by atomic mass is 16.6. The molecule has 1 atom stereocenters. The van der Waals surface area contributed by atoms with E-state index in [0.29, 0.717) is 6.04 Å². The molecule has 1 aliphatic heterocycles. The van der Waals surface area contributed by atoms with Crippen LogP contribution in [0.3, 0.4) is 0 Å². The van der Waals surface area contributed by atoms with Gasteiger partial charge >= 0.3 is 6.09 Å². The molecule has 0 aromatic heterocycles. The minimum absolute atomic E-state index is 0.105. The molecule has 0 spiro atoms. The molecule has 3 nitrogen and oxygen atoms in total. The summed E-state index contributed by atoms with van der Waals surface area (Å²) < 4.78 is 4.96. The summed E-state index contributed by atoms with van der Waals surface area (Å²) in [5, 5.41) is 0. The van der Waals surface area contributed by atoms with Crippen LogP contribution in [0.1, 0.15) is 33.6 Å².